The van der Waals surface area contributed by atoms with E-state index in [1.165, 1.54) is 17.0 Å². The van der Waals surface area contributed by atoms with Crippen molar-refractivity contribution in [2.45, 2.75) is 32.1 Å². The lowest BCUT2D eigenvalue weighted by Crippen LogP contribution is -2.49. The Morgan fingerprint density at radius 1 is 1.19 bits per heavy atom. The SMILES string of the molecule is CC(C)(C)C1CN(C(=O)O)CCC1COc1ncc(-c2ccc(S(N)(=O)=O)cc2)cn1. The van der Waals surface area contributed by atoms with Gasteiger partial charge < -0.3 is 14.7 Å². The van der Waals surface area contributed by atoms with Crippen LogP contribution in [0.5, 0.6) is 6.01 Å². The number of ether oxygens (including phenoxy) is 1. The highest BCUT2D eigenvalue weighted by molar-refractivity contribution is 7.89. The third kappa shape index (κ3) is 5.71. The molecule has 0 aliphatic carbocycles. The predicted molar refractivity (Wildman–Crippen MR) is 115 cm³/mol. The van der Waals surface area contributed by atoms with E-state index in [0.29, 0.717) is 19.7 Å². The Bertz CT molecular complexity index is 1020. The molecule has 0 saturated carbocycles. The van der Waals surface area contributed by atoms with Crippen molar-refractivity contribution >= 4 is 16.1 Å². The molecule has 2 heterocycles. The van der Waals surface area contributed by atoms with Crippen molar-refractivity contribution in [3.8, 4) is 17.1 Å². The molecule has 2 aromatic rings. The van der Waals surface area contributed by atoms with Gasteiger partial charge in [-0.05, 0) is 41.4 Å². The zero-order valence-corrected chi connectivity index (χ0v) is 18.7. The third-order valence-corrected chi connectivity index (χ3v) is 6.64. The molecule has 1 amide bonds. The van der Waals surface area contributed by atoms with Crippen LogP contribution in [0.1, 0.15) is 27.2 Å². The minimum Gasteiger partial charge on any atom is -0.465 e. The summed E-state index contributed by atoms with van der Waals surface area (Å²) >= 11 is 0. The molecule has 3 rings (SSSR count). The van der Waals surface area contributed by atoms with Crippen molar-refractivity contribution in [1.29, 1.82) is 0 Å². The molecule has 0 bridgehead atoms. The van der Waals surface area contributed by atoms with Gasteiger partial charge in [-0.25, -0.2) is 28.3 Å². The van der Waals surface area contributed by atoms with Crippen LogP contribution in [-0.2, 0) is 10.0 Å². The van der Waals surface area contributed by atoms with Crippen LogP contribution in [0.4, 0.5) is 4.79 Å². The van der Waals surface area contributed by atoms with Gasteiger partial charge in [-0.15, -0.1) is 0 Å². The number of rotatable bonds is 5. The first kappa shape index (κ1) is 23.0. The maximum atomic E-state index is 11.4. The molecule has 1 aliphatic heterocycles. The fourth-order valence-electron chi connectivity index (χ4n) is 3.91. The van der Waals surface area contributed by atoms with E-state index in [1.54, 1.807) is 24.5 Å². The lowest BCUT2D eigenvalue weighted by molar-refractivity contribution is 0.0241. The lowest BCUT2D eigenvalue weighted by Gasteiger charge is -2.43. The highest BCUT2D eigenvalue weighted by Crippen LogP contribution is 2.37. The van der Waals surface area contributed by atoms with Crippen LogP contribution in [0.3, 0.4) is 0 Å². The topological polar surface area (TPSA) is 136 Å². The molecular weight excluding hydrogens is 420 g/mol. The normalized spacial score (nSPS) is 19.8. The zero-order valence-electron chi connectivity index (χ0n) is 17.9. The first-order chi connectivity index (χ1) is 14.4. The third-order valence-electron chi connectivity index (χ3n) is 5.71. The highest BCUT2D eigenvalue weighted by atomic mass is 32.2. The van der Waals surface area contributed by atoms with Crippen LogP contribution in [0.25, 0.3) is 11.1 Å². The van der Waals surface area contributed by atoms with Gasteiger partial charge in [0.25, 0.3) is 0 Å². The molecule has 0 spiro atoms. The number of hydrogen-bond donors (Lipinski definition) is 2. The summed E-state index contributed by atoms with van der Waals surface area (Å²) in [5.74, 6) is 0.360. The second-order valence-electron chi connectivity index (χ2n) is 8.88. The van der Waals surface area contributed by atoms with Gasteiger partial charge >= 0.3 is 12.1 Å². The largest absolute Gasteiger partial charge is 0.465 e. The van der Waals surface area contributed by atoms with Gasteiger partial charge in [0.2, 0.25) is 10.0 Å². The van der Waals surface area contributed by atoms with E-state index in [2.05, 4.69) is 30.7 Å². The maximum absolute atomic E-state index is 11.4. The molecule has 1 saturated heterocycles. The van der Waals surface area contributed by atoms with Crippen LogP contribution >= 0.6 is 0 Å². The van der Waals surface area contributed by atoms with Crippen LogP contribution in [0.2, 0.25) is 0 Å². The average molecular weight is 449 g/mol. The number of benzene rings is 1. The first-order valence-corrected chi connectivity index (χ1v) is 11.6. The molecule has 1 aliphatic rings. The Morgan fingerprint density at radius 3 is 2.32 bits per heavy atom. The average Bonchev–Trinajstić information content (AvgIpc) is 2.71. The minimum atomic E-state index is -3.74. The van der Waals surface area contributed by atoms with Crippen LogP contribution in [0.15, 0.2) is 41.6 Å². The number of primary sulfonamides is 1. The number of nitrogens with zero attached hydrogens (tertiary/aromatic N) is 3. The Kier molecular flexibility index (Phi) is 6.51. The summed E-state index contributed by atoms with van der Waals surface area (Å²) in [4.78, 5) is 21.4. The summed E-state index contributed by atoms with van der Waals surface area (Å²) in [6.07, 6.45) is 3.07. The standard InChI is InChI=1S/C21H28N4O5S/c1-21(2,3)18-12-25(20(26)27)9-8-15(18)13-30-19-23-10-16(11-24-19)14-4-6-17(7-5-14)31(22,28)29/h4-7,10-11,15,18H,8-9,12-13H2,1-3H3,(H,26,27)(H2,22,28,29). The monoisotopic (exact) mass is 448 g/mol. The molecule has 1 fully saturated rings. The van der Waals surface area contributed by atoms with Gasteiger partial charge in [-0.3, -0.25) is 0 Å². The summed E-state index contributed by atoms with van der Waals surface area (Å²) in [6, 6.07) is 6.40. The molecule has 1 aromatic carbocycles. The minimum absolute atomic E-state index is 0.0412. The fraction of sp³-hybridized carbons (Fsp3) is 0.476. The van der Waals surface area contributed by atoms with Gasteiger partial charge in [-0.2, -0.15) is 0 Å². The molecule has 9 nitrogen and oxygen atoms in total. The summed E-state index contributed by atoms with van der Waals surface area (Å²) in [7, 11) is -3.74. The number of likely N-dealkylation sites (tertiary alicyclic amines) is 1. The van der Waals surface area contributed by atoms with Crippen LogP contribution in [-0.4, -0.2) is 54.2 Å². The number of aromatic nitrogens is 2. The Balaban J connectivity index is 1.65. The molecule has 10 heteroatoms. The number of sulfonamides is 1. The van der Waals surface area contributed by atoms with Gasteiger partial charge in [0.1, 0.15) is 0 Å². The van der Waals surface area contributed by atoms with Gasteiger partial charge in [-0.1, -0.05) is 32.9 Å². The number of piperidine rings is 1. The van der Waals surface area contributed by atoms with Crippen molar-refractivity contribution in [2.75, 3.05) is 19.7 Å². The van der Waals surface area contributed by atoms with Crippen molar-refractivity contribution in [2.24, 2.45) is 22.4 Å². The van der Waals surface area contributed by atoms with E-state index < -0.39 is 16.1 Å². The maximum Gasteiger partial charge on any atom is 0.407 e. The molecule has 31 heavy (non-hydrogen) atoms. The van der Waals surface area contributed by atoms with Crippen LogP contribution < -0.4 is 9.88 Å². The van der Waals surface area contributed by atoms with Gasteiger partial charge in [0, 0.05) is 31.0 Å². The Hall–Kier alpha value is -2.72. The predicted octanol–water partition coefficient (Wildman–Crippen LogP) is 2.83. The number of carbonyl (C=O) groups is 1. The van der Waals surface area contributed by atoms with E-state index in [4.69, 9.17) is 9.88 Å². The van der Waals surface area contributed by atoms with E-state index >= 15 is 0 Å². The zero-order chi connectivity index (χ0) is 22.8. The first-order valence-electron chi connectivity index (χ1n) is 10.0. The van der Waals surface area contributed by atoms with E-state index in [9.17, 15) is 18.3 Å². The summed E-state index contributed by atoms with van der Waals surface area (Å²) in [5, 5.41) is 14.4. The van der Waals surface area contributed by atoms with Crippen molar-refractivity contribution in [3.05, 3.63) is 36.7 Å². The van der Waals surface area contributed by atoms with E-state index in [-0.39, 0.29) is 28.2 Å². The van der Waals surface area contributed by atoms with Gasteiger partial charge in [0.15, 0.2) is 0 Å². The Labute approximate surface area is 182 Å². The number of carboxylic acid groups (broad SMARTS) is 1. The Morgan fingerprint density at radius 2 is 1.81 bits per heavy atom. The van der Waals surface area contributed by atoms with E-state index in [1.807, 2.05) is 0 Å². The van der Waals surface area contributed by atoms with Crippen molar-refractivity contribution in [1.82, 2.24) is 14.9 Å². The molecule has 1 aromatic heterocycles. The van der Waals surface area contributed by atoms with Gasteiger partial charge in [0.05, 0.1) is 11.5 Å². The molecule has 3 N–H and O–H groups in total. The second kappa shape index (κ2) is 8.80. The molecule has 2 unspecified atom stereocenters. The molecular formula is C21H28N4O5S. The van der Waals surface area contributed by atoms with Crippen molar-refractivity contribution in [3.63, 3.8) is 0 Å². The highest BCUT2D eigenvalue weighted by Gasteiger charge is 2.38. The van der Waals surface area contributed by atoms with E-state index in [0.717, 1.165) is 17.5 Å². The molecule has 2 atom stereocenters. The lowest BCUT2D eigenvalue weighted by atomic mass is 9.70. The summed E-state index contributed by atoms with van der Waals surface area (Å²) in [6.45, 7) is 7.73. The molecule has 0 radical (unpaired) electrons. The quantitative estimate of drug-likeness (QED) is 0.718. The summed E-state index contributed by atoms with van der Waals surface area (Å²) in [5.41, 5.74) is 1.42. The second-order valence-corrected chi connectivity index (χ2v) is 10.4. The number of nitrogens with two attached hydrogens (primary N) is 1. The molecule has 168 valence electrons. The van der Waals surface area contributed by atoms with Crippen LogP contribution in [0, 0.1) is 17.3 Å². The fourth-order valence-corrected chi connectivity index (χ4v) is 4.43. The number of hydrogen-bond acceptors (Lipinski definition) is 6. The number of amides is 1. The summed E-state index contributed by atoms with van der Waals surface area (Å²) < 4.78 is 28.6. The van der Waals surface area contributed by atoms with Crippen molar-refractivity contribution < 1.29 is 23.1 Å². The smallest absolute Gasteiger partial charge is 0.407 e.